The maximum absolute atomic E-state index is 13.0. The van der Waals surface area contributed by atoms with E-state index in [1.807, 2.05) is 48.3 Å². The standard InChI is InChI=1S/C24H31N3O3/c1-17(2)19-9-11-20(12-10-19)30-18(3)23(28)25-22-8-6-5-7-21(22)24(29)27-15-13-26(4)14-16-27/h5-12,17-18H,13-16H2,1-4H3,(H,25,28). The number of rotatable bonds is 6. The summed E-state index contributed by atoms with van der Waals surface area (Å²) in [4.78, 5) is 29.7. The van der Waals surface area contributed by atoms with Crippen molar-refractivity contribution in [3.05, 3.63) is 59.7 Å². The van der Waals surface area contributed by atoms with E-state index in [4.69, 9.17) is 4.74 Å². The molecule has 1 aliphatic heterocycles. The number of hydrogen-bond acceptors (Lipinski definition) is 4. The minimum absolute atomic E-state index is 0.0585. The lowest BCUT2D eigenvalue weighted by Gasteiger charge is -2.32. The number of carbonyl (C=O) groups excluding carboxylic acids is 2. The van der Waals surface area contributed by atoms with Crippen molar-refractivity contribution in [3.8, 4) is 5.75 Å². The lowest BCUT2D eigenvalue weighted by atomic mass is 10.0. The first-order valence-electron chi connectivity index (χ1n) is 10.5. The highest BCUT2D eigenvalue weighted by Gasteiger charge is 2.24. The third-order valence-electron chi connectivity index (χ3n) is 5.43. The molecule has 0 bridgehead atoms. The zero-order valence-corrected chi connectivity index (χ0v) is 18.2. The monoisotopic (exact) mass is 409 g/mol. The largest absolute Gasteiger partial charge is 0.481 e. The van der Waals surface area contributed by atoms with Crippen molar-refractivity contribution in [1.29, 1.82) is 0 Å². The van der Waals surface area contributed by atoms with Crippen LogP contribution < -0.4 is 10.1 Å². The van der Waals surface area contributed by atoms with E-state index in [0.29, 0.717) is 36.0 Å². The zero-order chi connectivity index (χ0) is 21.7. The van der Waals surface area contributed by atoms with Gasteiger partial charge in [0.05, 0.1) is 11.3 Å². The molecule has 0 radical (unpaired) electrons. The van der Waals surface area contributed by atoms with Crippen LogP contribution in [-0.4, -0.2) is 60.9 Å². The molecule has 1 atom stereocenters. The van der Waals surface area contributed by atoms with Crippen LogP contribution in [0.25, 0.3) is 0 Å². The van der Waals surface area contributed by atoms with Gasteiger partial charge in [0.1, 0.15) is 5.75 Å². The molecule has 6 nitrogen and oxygen atoms in total. The van der Waals surface area contributed by atoms with Crippen molar-refractivity contribution in [2.45, 2.75) is 32.8 Å². The summed E-state index contributed by atoms with van der Waals surface area (Å²) in [6.07, 6.45) is -0.693. The van der Waals surface area contributed by atoms with Crippen LogP contribution in [0, 0.1) is 0 Å². The smallest absolute Gasteiger partial charge is 0.265 e. The summed E-state index contributed by atoms with van der Waals surface area (Å²) in [6.45, 7) is 9.03. The van der Waals surface area contributed by atoms with Crippen LogP contribution in [0.3, 0.4) is 0 Å². The van der Waals surface area contributed by atoms with Crippen LogP contribution in [0.5, 0.6) is 5.75 Å². The molecule has 1 unspecified atom stereocenters. The Morgan fingerprint density at radius 1 is 0.933 bits per heavy atom. The lowest BCUT2D eigenvalue weighted by Crippen LogP contribution is -2.47. The van der Waals surface area contributed by atoms with Crippen molar-refractivity contribution in [1.82, 2.24) is 9.80 Å². The van der Waals surface area contributed by atoms with Crippen LogP contribution in [0.2, 0.25) is 0 Å². The summed E-state index contributed by atoms with van der Waals surface area (Å²) in [5.74, 6) is 0.733. The van der Waals surface area contributed by atoms with Crippen LogP contribution in [0.4, 0.5) is 5.69 Å². The molecule has 0 aliphatic carbocycles. The van der Waals surface area contributed by atoms with Gasteiger partial charge in [0.25, 0.3) is 11.8 Å². The average Bonchev–Trinajstić information content (AvgIpc) is 2.74. The van der Waals surface area contributed by atoms with Crippen molar-refractivity contribution in [2.75, 3.05) is 38.5 Å². The van der Waals surface area contributed by atoms with E-state index in [9.17, 15) is 9.59 Å². The first-order chi connectivity index (χ1) is 14.3. The third-order valence-corrected chi connectivity index (χ3v) is 5.43. The van der Waals surface area contributed by atoms with E-state index < -0.39 is 6.10 Å². The van der Waals surface area contributed by atoms with E-state index in [1.54, 1.807) is 19.1 Å². The Morgan fingerprint density at radius 3 is 2.20 bits per heavy atom. The van der Waals surface area contributed by atoms with Gasteiger partial charge in [-0.1, -0.05) is 38.1 Å². The summed E-state index contributed by atoms with van der Waals surface area (Å²) in [5.41, 5.74) is 2.23. The molecule has 0 aromatic heterocycles. The quantitative estimate of drug-likeness (QED) is 0.792. The molecule has 1 N–H and O–H groups in total. The van der Waals surface area contributed by atoms with Gasteiger partial charge in [-0.3, -0.25) is 9.59 Å². The molecule has 2 aromatic carbocycles. The van der Waals surface area contributed by atoms with Crippen LogP contribution >= 0.6 is 0 Å². The number of amides is 2. The van der Waals surface area contributed by atoms with Crippen molar-refractivity contribution >= 4 is 17.5 Å². The fourth-order valence-electron chi connectivity index (χ4n) is 3.38. The van der Waals surface area contributed by atoms with E-state index in [1.165, 1.54) is 5.56 Å². The number of benzene rings is 2. The van der Waals surface area contributed by atoms with Crippen LogP contribution in [0.1, 0.15) is 42.6 Å². The summed E-state index contributed by atoms with van der Waals surface area (Å²) in [5, 5.41) is 2.87. The average molecular weight is 410 g/mol. The number of likely N-dealkylation sites (N-methyl/N-ethyl adjacent to an activating group) is 1. The number of nitrogens with zero attached hydrogens (tertiary/aromatic N) is 2. The van der Waals surface area contributed by atoms with Crippen molar-refractivity contribution < 1.29 is 14.3 Å². The topological polar surface area (TPSA) is 61.9 Å². The van der Waals surface area contributed by atoms with Gasteiger partial charge in [-0.15, -0.1) is 0 Å². The highest BCUT2D eigenvalue weighted by molar-refractivity contribution is 6.04. The Hall–Kier alpha value is -2.86. The number of piperazine rings is 1. The van der Waals surface area contributed by atoms with Gasteiger partial charge in [0.2, 0.25) is 0 Å². The lowest BCUT2D eigenvalue weighted by molar-refractivity contribution is -0.122. The van der Waals surface area contributed by atoms with Gasteiger partial charge in [0.15, 0.2) is 6.10 Å². The number of nitrogens with one attached hydrogen (secondary N) is 1. The number of carbonyl (C=O) groups is 2. The van der Waals surface area contributed by atoms with Crippen LogP contribution in [0.15, 0.2) is 48.5 Å². The Bertz CT molecular complexity index is 872. The molecule has 160 valence electrons. The van der Waals surface area contributed by atoms with Crippen molar-refractivity contribution in [2.24, 2.45) is 0 Å². The molecule has 30 heavy (non-hydrogen) atoms. The summed E-state index contributed by atoms with van der Waals surface area (Å²) < 4.78 is 5.80. The van der Waals surface area contributed by atoms with Gasteiger partial charge in [-0.25, -0.2) is 0 Å². The zero-order valence-electron chi connectivity index (χ0n) is 18.2. The Morgan fingerprint density at radius 2 is 1.57 bits per heavy atom. The summed E-state index contributed by atoms with van der Waals surface area (Å²) in [7, 11) is 2.05. The SMILES string of the molecule is CC(Oc1ccc(C(C)C)cc1)C(=O)Nc1ccccc1C(=O)N1CCN(C)CC1. The molecular formula is C24H31N3O3. The second kappa shape index (κ2) is 9.76. The maximum Gasteiger partial charge on any atom is 0.265 e. The fourth-order valence-corrected chi connectivity index (χ4v) is 3.38. The second-order valence-electron chi connectivity index (χ2n) is 8.11. The molecule has 2 aromatic rings. The molecule has 1 fully saturated rings. The van der Waals surface area contributed by atoms with Gasteiger partial charge in [-0.2, -0.15) is 0 Å². The Labute approximate surface area is 178 Å². The molecule has 1 aliphatic rings. The minimum Gasteiger partial charge on any atom is -0.481 e. The number of para-hydroxylation sites is 1. The Kier molecular flexibility index (Phi) is 7.11. The first-order valence-corrected chi connectivity index (χ1v) is 10.5. The summed E-state index contributed by atoms with van der Waals surface area (Å²) >= 11 is 0. The van der Waals surface area contributed by atoms with E-state index >= 15 is 0 Å². The molecule has 0 saturated carbocycles. The molecule has 1 saturated heterocycles. The van der Waals surface area contributed by atoms with Gasteiger partial charge in [0, 0.05) is 26.2 Å². The molecule has 6 heteroatoms. The minimum atomic E-state index is -0.693. The maximum atomic E-state index is 13.0. The van der Waals surface area contributed by atoms with Gasteiger partial charge in [-0.05, 0) is 49.7 Å². The molecule has 3 rings (SSSR count). The second-order valence-corrected chi connectivity index (χ2v) is 8.11. The Balaban J connectivity index is 1.65. The fraction of sp³-hybridized carbons (Fsp3) is 0.417. The molecule has 0 spiro atoms. The third kappa shape index (κ3) is 5.39. The molecule has 2 amide bonds. The normalized spacial score (nSPS) is 15.7. The van der Waals surface area contributed by atoms with E-state index in [0.717, 1.165) is 13.1 Å². The number of hydrogen-bond donors (Lipinski definition) is 1. The van der Waals surface area contributed by atoms with Gasteiger partial charge < -0.3 is 19.9 Å². The predicted octanol–water partition coefficient (Wildman–Crippen LogP) is 3.60. The molecule has 1 heterocycles. The highest BCUT2D eigenvalue weighted by Crippen LogP contribution is 2.21. The van der Waals surface area contributed by atoms with Crippen molar-refractivity contribution in [3.63, 3.8) is 0 Å². The number of anilines is 1. The number of ether oxygens (including phenoxy) is 1. The first kappa shape index (κ1) is 21.8. The van der Waals surface area contributed by atoms with Crippen LogP contribution in [-0.2, 0) is 4.79 Å². The predicted molar refractivity (Wildman–Crippen MR) is 119 cm³/mol. The highest BCUT2D eigenvalue weighted by atomic mass is 16.5. The van der Waals surface area contributed by atoms with Gasteiger partial charge >= 0.3 is 0 Å². The van der Waals surface area contributed by atoms with E-state index in [2.05, 4.69) is 24.1 Å². The van der Waals surface area contributed by atoms with E-state index in [-0.39, 0.29) is 11.8 Å². The molecular weight excluding hydrogens is 378 g/mol. The summed E-state index contributed by atoms with van der Waals surface area (Å²) in [6, 6.07) is 14.9.